The van der Waals surface area contributed by atoms with E-state index in [2.05, 4.69) is 9.88 Å². The first-order chi connectivity index (χ1) is 16.9. The van der Waals surface area contributed by atoms with Crippen LogP contribution in [-0.4, -0.2) is 68.2 Å². The van der Waals surface area contributed by atoms with E-state index in [1.807, 2.05) is 40.7 Å². The second kappa shape index (κ2) is 9.91. The molecule has 184 valence electrons. The minimum absolute atomic E-state index is 0.00542. The number of nitrogens with zero attached hydrogens (tertiary/aromatic N) is 4. The number of piperidine rings is 2. The summed E-state index contributed by atoms with van der Waals surface area (Å²) in [5.74, 6) is -0.256. The summed E-state index contributed by atoms with van der Waals surface area (Å²) in [6, 6.07) is 14.9. The Morgan fingerprint density at radius 2 is 1.86 bits per heavy atom. The van der Waals surface area contributed by atoms with E-state index in [1.165, 1.54) is 12.1 Å². The summed E-state index contributed by atoms with van der Waals surface area (Å²) in [6.07, 6.45) is 7.07. The van der Waals surface area contributed by atoms with Crippen LogP contribution in [0.25, 0.3) is 11.1 Å². The lowest BCUT2D eigenvalue weighted by atomic mass is 9.92. The highest BCUT2D eigenvalue weighted by atomic mass is 19.1. The van der Waals surface area contributed by atoms with Crippen molar-refractivity contribution in [1.82, 2.24) is 19.4 Å². The van der Waals surface area contributed by atoms with Gasteiger partial charge in [0.05, 0.1) is 18.1 Å². The van der Waals surface area contributed by atoms with E-state index in [1.54, 1.807) is 24.7 Å². The summed E-state index contributed by atoms with van der Waals surface area (Å²) in [4.78, 5) is 22.0. The molecule has 3 aromatic rings. The molecule has 0 spiro atoms. The maximum absolute atomic E-state index is 13.4. The Kier molecular flexibility index (Phi) is 6.71. The number of halogens is 1. The van der Waals surface area contributed by atoms with Crippen LogP contribution in [0.4, 0.5) is 4.39 Å². The zero-order valence-electron chi connectivity index (χ0n) is 20.2. The molecule has 2 aliphatic heterocycles. The number of imidazole rings is 1. The van der Waals surface area contributed by atoms with Gasteiger partial charge in [-0.15, -0.1) is 0 Å². The number of carbonyl (C=O) groups excluding carboxylic acids is 1. The van der Waals surface area contributed by atoms with Crippen LogP contribution in [0, 0.1) is 5.82 Å². The average molecular weight is 477 g/mol. The molecule has 3 heterocycles. The van der Waals surface area contributed by atoms with E-state index in [-0.39, 0.29) is 11.7 Å². The molecule has 1 unspecified atom stereocenters. The minimum atomic E-state index is -0.609. The lowest BCUT2D eigenvalue weighted by Gasteiger charge is -2.44. The summed E-state index contributed by atoms with van der Waals surface area (Å²) >= 11 is 0. The molecule has 5 rings (SSSR count). The van der Waals surface area contributed by atoms with Crippen LogP contribution >= 0.6 is 0 Å². The van der Waals surface area contributed by atoms with Gasteiger partial charge >= 0.3 is 0 Å². The fourth-order valence-corrected chi connectivity index (χ4v) is 5.54. The molecule has 0 saturated carbocycles. The van der Waals surface area contributed by atoms with Gasteiger partial charge in [0.2, 0.25) is 0 Å². The van der Waals surface area contributed by atoms with Gasteiger partial charge in [0.15, 0.2) is 0 Å². The summed E-state index contributed by atoms with van der Waals surface area (Å²) in [5.41, 5.74) is 2.97. The first-order valence-electron chi connectivity index (χ1n) is 12.5. The topological polar surface area (TPSA) is 61.6 Å². The molecule has 2 aromatic carbocycles. The van der Waals surface area contributed by atoms with Crippen LogP contribution in [0.5, 0.6) is 0 Å². The lowest BCUT2D eigenvalue weighted by Crippen LogP contribution is -2.53. The molecule has 35 heavy (non-hydrogen) atoms. The van der Waals surface area contributed by atoms with E-state index in [0.717, 1.165) is 48.9 Å². The van der Waals surface area contributed by atoms with Gasteiger partial charge < -0.3 is 14.6 Å². The first kappa shape index (κ1) is 23.7. The Bertz CT molecular complexity index is 1170. The Morgan fingerprint density at radius 1 is 1.11 bits per heavy atom. The molecule has 2 aliphatic rings. The first-order valence-corrected chi connectivity index (χ1v) is 12.5. The second-order valence-electron chi connectivity index (χ2n) is 10.2. The third kappa shape index (κ3) is 5.31. The summed E-state index contributed by atoms with van der Waals surface area (Å²) in [6.45, 7) is 5.58. The van der Waals surface area contributed by atoms with Crippen molar-refractivity contribution in [2.24, 2.45) is 0 Å². The molecule has 1 amide bonds. The lowest BCUT2D eigenvalue weighted by molar-refractivity contribution is -0.0381. The molecule has 2 fully saturated rings. The fourth-order valence-electron chi connectivity index (χ4n) is 5.54. The number of likely N-dealkylation sites (tertiary alicyclic amines) is 2. The minimum Gasteiger partial charge on any atom is -0.389 e. The zero-order valence-corrected chi connectivity index (χ0v) is 20.2. The number of rotatable bonds is 5. The number of hydrogen-bond donors (Lipinski definition) is 1. The van der Waals surface area contributed by atoms with Crippen LogP contribution in [0.2, 0.25) is 0 Å². The SMILES string of the molecule is CC1(O)CCCN(C2CCN(C(=O)c3cncn3Cc3ccccc3-c3ccc(F)cc3)CC2)C1. The van der Waals surface area contributed by atoms with Crippen molar-refractivity contribution in [3.63, 3.8) is 0 Å². The average Bonchev–Trinajstić information content (AvgIpc) is 3.32. The normalized spacial score (nSPS) is 21.9. The molecule has 1 atom stereocenters. The standard InChI is InChI=1S/C28H33FN4O2/c1-28(35)13-4-14-32(19-28)24-11-15-31(16-12-24)27(34)26-17-30-20-33(26)18-22-5-2-3-6-25(22)21-7-9-23(29)10-8-21/h2-3,5-10,17,20,24,35H,4,11-16,18-19H2,1H3. The van der Waals surface area contributed by atoms with Crippen LogP contribution in [0.3, 0.4) is 0 Å². The number of β-amino-alcohol motifs (C(OH)–C–C–N with tert-alkyl or cyclic N) is 1. The van der Waals surface area contributed by atoms with Gasteiger partial charge in [-0.25, -0.2) is 9.37 Å². The highest BCUT2D eigenvalue weighted by molar-refractivity contribution is 5.92. The van der Waals surface area contributed by atoms with Crippen LogP contribution in [0.15, 0.2) is 61.1 Å². The third-order valence-corrected chi connectivity index (χ3v) is 7.42. The Labute approximate surface area is 206 Å². The number of aliphatic hydroxyl groups is 1. The molecule has 0 radical (unpaired) electrons. The van der Waals surface area contributed by atoms with E-state index in [9.17, 15) is 14.3 Å². The van der Waals surface area contributed by atoms with Gasteiger partial charge in [0, 0.05) is 32.2 Å². The van der Waals surface area contributed by atoms with Crippen molar-refractivity contribution < 1.29 is 14.3 Å². The highest BCUT2D eigenvalue weighted by Crippen LogP contribution is 2.28. The van der Waals surface area contributed by atoms with Crippen LogP contribution in [-0.2, 0) is 6.54 Å². The number of benzene rings is 2. The van der Waals surface area contributed by atoms with E-state index in [4.69, 9.17) is 0 Å². The predicted molar refractivity (Wildman–Crippen MR) is 134 cm³/mol. The van der Waals surface area contributed by atoms with Gasteiger partial charge in [0.1, 0.15) is 11.5 Å². The molecule has 0 bridgehead atoms. The largest absolute Gasteiger partial charge is 0.389 e. The Hall–Kier alpha value is -3.03. The summed E-state index contributed by atoms with van der Waals surface area (Å²) in [7, 11) is 0. The van der Waals surface area contributed by atoms with Crippen molar-refractivity contribution in [3.05, 3.63) is 78.1 Å². The molecular weight excluding hydrogens is 443 g/mol. The van der Waals surface area contributed by atoms with E-state index < -0.39 is 5.60 Å². The summed E-state index contributed by atoms with van der Waals surface area (Å²) in [5, 5.41) is 10.5. The number of hydrogen-bond acceptors (Lipinski definition) is 4. The molecule has 1 N–H and O–H groups in total. The van der Waals surface area contributed by atoms with Crippen molar-refractivity contribution in [3.8, 4) is 11.1 Å². The van der Waals surface area contributed by atoms with Gasteiger partial charge in [-0.05, 0) is 68.0 Å². The number of carbonyl (C=O) groups is 1. The van der Waals surface area contributed by atoms with Gasteiger partial charge in [-0.2, -0.15) is 0 Å². The maximum atomic E-state index is 13.4. The van der Waals surface area contributed by atoms with E-state index in [0.29, 0.717) is 37.9 Å². The monoisotopic (exact) mass is 476 g/mol. The zero-order chi connectivity index (χ0) is 24.4. The van der Waals surface area contributed by atoms with E-state index >= 15 is 0 Å². The Morgan fingerprint density at radius 3 is 2.60 bits per heavy atom. The highest BCUT2D eigenvalue weighted by Gasteiger charge is 2.34. The molecule has 1 aromatic heterocycles. The van der Waals surface area contributed by atoms with Gasteiger partial charge in [-0.3, -0.25) is 9.69 Å². The quantitative estimate of drug-likeness (QED) is 0.600. The van der Waals surface area contributed by atoms with Crippen molar-refractivity contribution in [2.75, 3.05) is 26.2 Å². The van der Waals surface area contributed by atoms with Crippen molar-refractivity contribution in [1.29, 1.82) is 0 Å². The second-order valence-corrected chi connectivity index (χ2v) is 10.2. The van der Waals surface area contributed by atoms with Crippen molar-refractivity contribution in [2.45, 2.75) is 50.8 Å². The van der Waals surface area contributed by atoms with Gasteiger partial charge in [0.25, 0.3) is 5.91 Å². The van der Waals surface area contributed by atoms with Crippen LogP contribution < -0.4 is 0 Å². The Balaban J connectivity index is 1.27. The summed E-state index contributed by atoms with van der Waals surface area (Å²) < 4.78 is 15.3. The van der Waals surface area contributed by atoms with Crippen molar-refractivity contribution >= 4 is 5.91 Å². The number of amides is 1. The molecule has 7 heteroatoms. The van der Waals surface area contributed by atoms with Crippen LogP contribution in [0.1, 0.15) is 48.7 Å². The fraction of sp³-hybridized carbons (Fsp3) is 0.429. The number of aromatic nitrogens is 2. The predicted octanol–water partition coefficient (Wildman–Crippen LogP) is 4.19. The third-order valence-electron chi connectivity index (χ3n) is 7.42. The van der Waals surface area contributed by atoms with Gasteiger partial charge in [-0.1, -0.05) is 36.4 Å². The molecule has 6 nitrogen and oxygen atoms in total. The maximum Gasteiger partial charge on any atom is 0.272 e. The molecular formula is C28H33FN4O2. The smallest absolute Gasteiger partial charge is 0.272 e. The molecule has 2 saturated heterocycles. The molecule has 0 aliphatic carbocycles.